The molecule has 5 heteroatoms. The summed E-state index contributed by atoms with van der Waals surface area (Å²) in [6, 6.07) is 9.87. The van der Waals surface area contributed by atoms with Gasteiger partial charge in [0.25, 0.3) is 0 Å². The molecule has 3 aromatic rings. The number of nitrogens with two attached hydrogens (primary N) is 1. The highest BCUT2D eigenvalue weighted by molar-refractivity contribution is 7.10. The molecular weight excluding hydrogens is 268 g/mol. The van der Waals surface area contributed by atoms with Crippen LogP contribution in [0.5, 0.6) is 0 Å². The topological polar surface area (TPSA) is 56.7 Å². The van der Waals surface area contributed by atoms with Gasteiger partial charge in [-0.15, -0.1) is 11.3 Å². The van der Waals surface area contributed by atoms with E-state index in [0.29, 0.717) is 0 Å². The third-order valence-electron chi connectivity index (χ3n) is 3.20. The van der Waals surface area contributed by atoms with Crippen LogP contribution in [0.2, 0.25) is 0 Å². The Morgan fingerprint density at radius 2 is 2.10 bits per heavy atom. The number of thiazole rings is 1. The number of rotatable bonds is 4. The number of benzene rings is 1. The van der Waals surface area contributed by atoms with Gasteiger partial charge in [-0.1, -0.05) is 30.3 Å². The molecule has 1 atom stereocenters. The molecule has 0 aliphatic carbocycles. The summed E-state index contributed by atoms with van der Waals surface area (Å²) in [5.74, 6) is 0. The van der Waals surface area contributed by atoms with E-state index < -0.39 is 0 Å². The van der Waals surface area contributed by atoms with Crippen LogP contribution in [-0.4, -0.2) is 14.8 Å². The second-order valence-corrected chi connectivity index (χ2v) is 5.43. The number of hydrogen-bond donors (Lipinski definition) is 1. The second-order valence-electron chi connectivity index (χ2n) is 4.54. The molecule has 0 bridgehead atoms. The molecule has 0 aliphatic rings. The van der Waals surface area contributed by atoms with Crippen molar-refractivity contribution in [1.82, 2.24) is 14.8 Å². The summed E-state index contributed by atoms with van der Waals surface area (Å²) in [5.41, 5.74) is 9.32. The Morgan fingerprint density at radius 3 is 2.80 bits per heavy atom. The van der Waals surface area contributed by atoms with E-state index in [1.54, 1.807) is 11.3 Å². The Morgan fingerprint density at radius 1 is 1.30 bits per heavy atom. The predicted octanol–water partition coefficient (Wildman–Crippen LogP) is 3.07. The van der Waals surface area contributed by atoms with Crippen LogP contribution >= 0.6 is 11.3 Å². The molecule has 0 aliphatic heterocycles. The van der Waals surface area contributed by atoms with Gasteiger partial charge >= 0.3 is 0 Å². The van der Waals surface area contributed by atoms with Crippen LogP contribution in [0.4, 0.5) is 0 Å². The highest BCUT2D eigenvalue weighted by Crippen LogP contribution is 2.27. The molecular formula is C15H16N4S. The molecule has 0 fully saturated rings. The first kappa shape index (κ1) is 13.0. The van der Waals surface area contributed by atoms with Crippen molar-refractivity contribution in [1.29, 1.82) is 0 Å². The van der Waals surface area contributed by atoms with Crippen LogP contribution < -0.4 is 5.73 Å². The molecule has 0 amide bonds. The van der Waals surface area contributed by atoms with E-state index >= 15 is 0 Å². The summed E-state index contributed by atoms with van der Waals surface area (Å²) in [7, 11) is 0. The van der Waals surface area contributed by atoms with E-state index in [1.807, 2.05) is 52.8 Å². The molecule has 0 saturated heterocycles. The number of aryl methyl sites for hydroxylation is 1. The summed E-state index contributed by atoms with van der Waals surface area (Å²) in [5, 5.41) is 7.24. The minimum Gasteiger partial charge on any atom is -0.318 e. The smallest absolute Gasteiger partial charge is 0.115 e. The van der Waals surface area contributed by atoms with Gasteiger partial charge in [0, 0.05) is 23.7 Å². The summed E-state index contributed by atoms with van der Waals surface area (Å²) in [4.78, 5) is 4.64. The van der Waals surface area contributed by atoms with Crippen LogP contribution in [0.1, 0.15) is 23.5 Å². The van der Waals surface area contributed by atoms with Gasteiger partial charge in [0.1, 0.15) is 5.01 Å². The van der Waals surface area contributed by atoms with E-state index in [2.05, 4.69) is 17.0 Å². The molecule has 4 nitrogen and oxygen atoms in total. The van der Waals surface area contributed by atoms with Gasteiger partial charge in [0.2, 0.25) is 0 Å². The first-order valence-electron chi connectivity index (χ1n) is 6.56. The average molecular weight is 284 g/mol. The second kappa shape index (κ2) is 5.56. The first-order valence-corrected chi connectivity index (χ1v) is 7.44. The van der Waals surface area contributed by atoms with E-state index in [9.17, 15) is 0 Å². The van der Waals surface area contributed by atoms with Crippen molar-refractivity contribution in [3.05, 3.63) is 58.7 Å². The van der Waals surface area contributed by atoms with Gasteiger partial charge in [0.05, 0.1) is 17.9 Å². The number of nitrogens with zero attached hydrogens (tertiary/aromatic N) is 3. The third-order valence-corrected chi connectivity index (χ3v) is 4.13. The summed E-state index contributed by atoms with van der Waals surface area (Å²) in [6.45, 7) is 2.93. The Labute approximate surface area is 121 Å². The zero-order valence-electron chi connectivity index (χ0n) is 11.2. The van der Waals surface area contributed by atoms with Gasteiger partial charge in [-0.05, 0) is 12.5 Å². The van der Waals surface area contributed by atoms with Crippen LogP contribution in [0.15, 0.2) is 48.1 Å². The molecule has 20 heavy (non-hydrogen) atoms. The Balaban J connectivity index is 1.86. The fraction of sp³-hybridized carbons (Fsp3) is 0.200. The monoisotopic (exact) mass is 284 g/mol. The molecule has 2 N–H and O–H groups in total. The van der Waals surface area contributed by atoms with Crippen LogP contribution in [-0.2, 0) is 6.54 Å². The molecule has 0 radical (unpaired) electrons. The molecule has 0 spiro atoms. The van der Waals surface area contributed by atoms with E-state index in [1.165, 1.54) is 0 Å². The summed E-state index contributed by atoms with van der Waals surface area (Å²) in [6.07, 6.45) is 3.85. The third kappa shape index (κ3) is 2.50. The summed E-state index contributed by atoms with van der Waals surface area (Å²) >= 11 is 1.59. The van der Waals surface area contributed by atoms with Gasteiger partial charge in [-0.25, -0.2) is 4.98 Å². The van der Waals surface area contributed by atoms with Gasteiger partial charge in [-0.2, -0.15) is 5.10 Å². The van der Waals surface area contributed by atoms with Crippen molar-refractivity contribution in [2.75, 3.05) is 0 Å². The normalized spacial score (nSPS) is 12.5. The molecule has 102 valence electrons. The first-order chi connectivity index (χ1) is 9.78. The maximum atomic E-state index is 6.27. The average Bonchev–Trinajstić information content (AvgIpc) is 3.16. The molecule has 3 rings (SSSR count). The highest BCUT2D eigenvalue weighted by atomic mass is 32.1. The van der Waals surface area contributed by atoms with Crippen molar-refractivity contribution < 1.29 is 0 Å². The van der Waals surface area contributed by atoms with E-state index in [-0.39, 0.29) is 6.04 Å². The molecule has 2 aromatic heterocycles. The van der Waals surface area contributed by atoms with E-state index in [4.69, 9.17) is 5.73 Å². The lowest BCUT2D eigenvalue weighted by atomic mass is 10.1. The van der Waals surface area contributed by atoms with Gasteiger partial charge in [-0.3, -0.25) is 4.68 Å². The molecule has 2 heterocycles. The van der Waals surface area contributed by atoms with Crippen molar-refractivity contribution in [3.63, 3.8) is 0 Å². The van der Waals surface area contributed by atoms with Crippen molar-refractivity contribution in [2.24, 2.45) is 5.73 Å². The Hall–Kier alpha value is -1.98. The van der Waals surface area contributed by atoms with E-state index in [0.717, 1.165) is 28.4 Å². The van der Waals surface area contributed by atoms with Crippen LogP contribution in [0.3, 0.4) is 0 Å². The summed E-state index contributed by atoms with van der Waals surface area (Å²) < 4.78 is 1.89. The quantitative estimate of drug-likeness (QED) is 0.801. The standard InChI is InChI=1S/C15H16N4S/c1-2-19-9-12(8-17-19)13-10-20-15(18-13)14(16)11-6-4-3-5-7-11/h3-10,14H,2,16H2,1H3. The molecule has 1 unspecified atom stereocenters. The Bertz CT molecular complexity index is 687. The molecule has 1 aromatic carbocycles. The minimum atomic E-state index is -0.170. The maximum absolute atomic E-state index is 6.27. The van der Waals surface area contributed by atoms with Gasteiger partial charge < -0.3 is 5.73 Å². The predicted molar refractivity (Wildman–Crippen MR) is 81.5 cm³/mol. The van der Waals surface area contributed by atoms with Crippen LogP contribution in [0.25, 0.3) is 11.3 Å². The van der Waals surface area contributed by atoms with Crippen molar-refractivity contribution >= 4 is 11.3 Å². The lowest BCUT2D eigenvalue weighted by molar-refractivity contribution is 0.660. The number of hydrogen-bond acceptors (Lipinski definition) is 4. The zero-order chi connectivity index (χ0) is 13.9. The number of aromatic nitrogens is 3. The Kier molecular flexibility index (Phi) is 3.62. The van der Waals surface area contributed by atoms with Crippen molar-refractivity contribution in [3.8, 4) is 11.3 Å². The van der Waals surface area contributed by atoms with Gasteiger partial charge in [0.15, 0.2) is 0 Å². The molecule has 0 saturated carbocycles. The maximum Gasteiger partial charge on any atom is 0.115 e. The lowest BCUT2D eigenvalue weighted by Crippen LogP contribution is -2.11. The largest absolute Gasteiger partial charge is 0.318 e. The van der Waals surface area contributed by atoms with Crippen LogP contribution in [0, 0.1) is 0 Å². The fourth-order valence-electron chi connectivity index (χ4n) is 2.03. The van der Waals surface area contributed by atoms with Crippen molar-refractivity contribution in [2.45, 2.75) is 19.5 Å². The fourth-order valence-corrected chi connectivity index (χ4v) is 2.89. The highest BCUT2D eigenvalue weighted by Gasteiger charge is 2.14. The zero-order valence-corrected chi connectivity index (χ0v) is 12.0. The minimum absolute atomic E-state index is 0.170. The lowest BCUT2D eigenvalue weighted by Gasteiger charge is -2.07. The SMILES string of the molecule is CCn1cc(-c2csc(C(N)c3ccccc3)n2)cn1.